The van der Waals surface area contributed by atoms with Crippen LogP contribution in [0, 0.1) is 6.92 Å². The van der Waals surface area contributed by atoms with Crippen LogP contribution in [-0.4, -0.2) is 15.7 Å². The summed E-state index contributed by atoms with van der Waals surface area (Å²) in [6.07, 6.45) is 3.43. The van der Waals surface area contributed by atoms with Crippen LogP contribution >= 0.6 is 0 Å². The molecule has 2 heterocycles. The van der Waals surface area contributed by atoms with Crippen molar-refractivity contribution in [3.63, 3.8) is 0 Å². The highest BCUT2D eigenvalue weighted by Crippen LogP contribution is 2.19. The number of benzene rings is 2. The van der Waals surface area contributed by atoms with Gasteiger partial charge in [0.1, 0.15) is 5.76 Å². The van der Waals surface area contributed by atoms with Crippen molar-refractivity contribution in [1.29, 1.82) is 0 Å². The fourth-order valence-electron chi connectivity index (χ4n) is 3.09. The molecule has 1 amide bonds. The first-order valence-corrected chi connectivity index (χ1v) is 8.95. The quantitative estimate of drug-likeness (QED) is 0.572. The van der Waals surface area contributed by atoms with Gasteiger partial charge in [-0.05, 0) is 43.7 Å². The molecule has 1 unspecified atom stereocenters. The standard InChI is InChI=1S/C22H21N3O2/c1-15-5-7-17(8-6-15)14-25-20-12-18(9-10-19(20)13-23-25)22(26)24-16(2)21-4-3-11-27-21/h3-13,16H,14H2,1-2H3,(H,24,26). The second-order valence-corrected chi connectivity index (χ2v) is 6.77. The van der Waals surface area contributed by atoms with Crippen LogP contribution < -0.4 is 5.32 Å². The van der Waals surface area contributed by atoms with E-state index in [1.54, 1.807) is 6.26 Å². The number of carbonyl (C=O) groups is 1. The molecule has 2 aromatic carbocycles. The Kier molecular flexibility index (Phi) is 4.50. The van der Waals surface area contributed by atoms with E-state index in [1.165, 1.54) is 11.1 Å². The predicted molar refractivity (Wildman–Crippen MR) is 105 cm³/mol. The minimum absolute atomic E-state index is 0.135. The van der Waals surface area contributed by atoms with Crippen LogP contribution in [0.3, 0.4) is 0 Å². The third-order valence-corrected chi connectivity index (χ3v) is 4.68. The maximum absolute atomic E-state index is 12.6. The van der Waals surface area contributed by atoms with E-state index in [9.17, 15) is 4.79 Å². The highest BCUT2D eigenvalue weighted by molar-refractivity contribution is 5.98. The molecule has 0 fully saturated rings. The van der Waals surface area contributed by atoms with Gasteiger partial charge >= 0.3 is 0 Å². The first kappa shape index (κ1) is 17.1. The van der Waals surface area contributed by atoms with Gasteiger partial charge in [0.15, 0.2) is 0 Å². The summed E-state index contributed by atoms with van der Waals surface area (Å²) < 4.78 is 7.28. The third kappa shape index (κ3) is 3.62. The normalized spacial score (nSPS) is 12.2. The lowest BCUT2D eigenvalue weighted by Gasteiger charge is -2.12. The second-order valence-electron chi connectivity index (χ2n) is 6.77. The van der Waals surface area contributed by atoms with Crippen LogP contribution in [0.2, 0.25) is 0 Å². The molecule has 0 bridgehead atoms. The van der Waals surface area contributed by atoms with Gasteiger partial charge in [-0.1, -0.05) is 35.9 Å². The fourth-order valence-corrected chi connectivity index (χ4v) is 3.09. The lowest BCUT2D eigenvalue weighted by atomic mass is 10.1. The summed E-state index contributed by atoms with van der Waals surface area (Å²) in [5, 5.41) is 8.47. The Hall–Kier alpha value is -3.34. The van der Waals surface area contributed by atoms with Crippen molar-refractivity contribution in [3.05, 3.63) is 89.5 Å². The minimum Gasteiger partial charge on any atom is -0.467 e. The first-order chi connectivity index (χ1) is 13.1. The number of rotatable bonds is 5. The average Bonchev–Trinajstić information content (AvgIpc) is 3.34. The molecule has 0 saturated carbocycles. The molecule has 2 aromatic heterocycles. The Labute approximate surface area is 157 Å². The Bertz CT molecular complexity index is 1060. The Balaban J connectivity index is 1.57. The molecule has 0 saturated heterocycles. The molecule has 1 N–H and O–H groups in total. The highest BCUT2D eigenvalue weighted by Gasteiger charge is 2.15. The van der Waals surface area contributed by atoms with Crippen LogP contribution in [0.4, 0.5) is 0 Å². The van der Waals surface area contributed by atoms with Crippen LogP contribution in [-0.2, 0) is 6.54 Å². The summed E-state index contributed by atoms with van der Waals surface area (Å²) in [5.41, 5.74) is 3.95. The highest BCUT2D eigenvalue weighted by atomic mass is 16.3. The van der Waals surface area contributed by atoms with Gasteiger partial charge in [0, 0.05) is 10.9 Å². The molecule has 4 aromatic rings. The van der Waals surface area contributed by atoms with Gasteiger partial charge in [0.05, 0.1) is 30.6 Å². The van der Waals surface area contributed by atoms with Crippen LogP contribution in [0.1, 0.15) is 40.2 Å². The Morgan fingerprint density at radius 2 is 2.00 bits per heavy atom. The minimum atomic E-state index is -0.194. The Morgan fingerprint density at radius 3 is 2.74 bits per heavy atom. The maximum Gasteiger partial charge on any atom is 0.251 e. The van der Waals surface area contributed by atoms with Crippen molar-refractivity contribution < 1.29 is 9.21 Å². The molecule has 5 nitrogen and oxygen atoms in total. The van der Waals surface area contributed by atoms with Crippen molar-refractivity contribution in [2.24, 2.45) is 0 Å². The molecule has 4 rings (SSSR count). The zero-order valence-corrected chi connectivity index (χ0v) is 15.3. The number of aromatic nitrogens is 2. The number of carbonyl (C=O) groups excluding carboxylic acids is 1. The smallest absolute Gasteiger partial charge is 0.251 e. The number of nitrogens with one attached hydrogen (secondary N) is 1. The molecule has 0 aliphatic heterocycles. The molecule has 136 valence electrons. The van der Waals surface area contributed by atoms with Gasteiger partial charge in [-0.2, -0.15) is 5.10 Å². The fraction of sp³-hybridized carbons (Fsp3) is 0.182. The van der Waals surface area contributed by atoms with E-state index in [4.69, 9.17) is 4.42 Å². The summed E-state index contributed by atoms with van der Waals surface area (Å²) >= 11 is 0. The van der Waals surface area contributed by atoms with Gasteiger partial charge in [0.25, 0.3) is 5.91 Å². The van der Waals surface area contributed by atoms with E-state index in [0.29, 0.717) is 12.1 Å². The van der Waals surface area contributed by atoms with Gasteiger partial charge in [-0.15, -0.1) is 0 Å². The number of amides is 1. The van der Waals surface area contributed by atoms with Crippen LogP contribution in [0.25, 0.3) is 10.9 Å². The summed E-state index contributed by atoms with van der Waals surface area (Å²) in [4.78, 5) is 12.6. The summed E-state index contributed by atoms with van der Waals surface area (Å²) in [5.74, 6) is 0.595. The van der Waals surface area contributed by atoms with Crippen molar-refractivity contribution >= 4 is 16.8 Å². The summed E-state index contributed by atoms with van der Waals surface area (Å²) in [6, 6.07) is 17.5. The monoisotopic (exact) mass is 359 g/mol. The number of aryl methyl sites for hydroxylation is 1. The molecule has 27 heavy (non-hydrogen) atoms. The zero-order valence-electron chi connectivity index (χ0n) is 15.3. The Morgan fingerprint density at radius 1 is 1.19 bits per heavy atom. The molecule has 0 spiro atoms. The van der Waals surface area contributed by atoms with Crippen molar-refractivity contribution in [3.8, 4) is 0 Å². The summed E-state index contributed by atoms with van der Waals surface area (Å²) in [7, 11) is 0. The first-order valence-electron chi connectivity index (χ1n) is 8.95. The second kappa shape index (κ2) is 7.11. The summed E-state index contributed by atoms with van der Waals surface area (Å²) in [6.45, 7) is 4.64. The SMILES string of the molecule is Cc1ccc(Cn2ncc3ccc(C(=O)NC(C)c4ccco4)cc32)cc1. The molecule has 1 atom stereocenters. The van der Waals surface area contributed by atoms with Crippen molar-refractivity contribution in [1.82, 2.24) is 15.1 Å². The van der Waals surface area contributed by atoms with E-state index < -0.39 is 0 Å². The topological polar surface area (TPSA) is 60.1 Å². The van der Waals surface area contributed by atoms with E-state index in [-0.39, 0.29) is 11.9 Å². The predicted octanol–water partition coefficient (Wildman–Crippen LogP) is 4.48. The largest absolute Gasteiger partial charge is 0.467 e. The number of nitrogens with zero attached hydrogens (tertiary/aromatic N) is 2. The number of hydrogen-bond acceptors (Lipinski definition) is 3. The van der Waals surface area contributed by atoms with E-state index in [0.717, 1.165) is 16.7 Å². The maximum atomic E-state index is 12.6. The van der Waals surface area contributed by atoms with Crippen molar-refractivity contribution in [2.45, 2.75) is 26.4 Å². The van der Waals surface area contributed by atoms with E-state index in [1.807, 2.05) is 48.1 Å². The molecule has 0 radical (unpaired) electrons. The number of fused-ring (bicyclic) bond motifs is 1. The van der Waals surface area contributed by atoms with E-state index in [2.05, 4.69) is 41.6 Å². The number of hydrogen-bond donors (Lipinski definition) is 1. The van der Waals surface area contributed by atoms with Crippen LogP contribution in [0.15, 0.2) is 71.5 Å². The molecule has 0 aliphatic rings. The zero-order chi connectivity index (χ0) is 18.8. The molecule has 5 heteroatoms. The van der Waals surface area contributed by atoms with Gasteiger partial charge in [-0.25, -0.2) is 0 Å². The lowest BCUT2D eigenvalue weighted by molar-refractivity contribution is 0.0935. The lowest BCUT2D eigenvalue weighted by Crippen LogP contribution is -2.26. The van der Waals surface area contributed by atoms with E-state index >= 15 is 0 Å². The van der Waals surface area contributed by atoms with Crippen LogP contribution in [0.5, 0.6) is 0 Å². The average molecular weight is 359 g/mol. The van der Waals surface area contributed by atoms with Gasteiger partial charge in [0.2, 0.25) is 0 Å². The molecular formula is C22H21N3O2. The van der Waals surface area contributed by atoms with Gasteiger partial charge in [-0.3, -0.25) is 9.48 Å². The third-order valence-electron chi connectivity index (χ3n) is 4.68. The van der Waals surface area contributed by atoms with Crippen molar-refractivity contribution in [2.75, 3.05) is 0 Å². The molecule has 0 aliphatic carbocycles. The number of furan rings is 1. The molecular weight excluding hydrogens is 338 g/mol. The van der Waals surface area contributed by atoms with Gasteiger partial charge < -0.3 is 9.73 Å².